The van der Waals surface area contributed by atoms with Crippen molar-refractivity contribution in [3.63, 3.8) is 0 Å². The van der Waals surface area contributed by atoms with Gasteiger partial charge >= 0.3 is 5.97 Å². The van der Waals surface area contributed by atoms with Crippen LogP contribution < -0.4 is 5.73 Å². The molecule has 0 saturated heterocycles. The second-order valence-corrected chi connectivity index (χ2v) is 4.05. The molecule has 1 fully saturated rings. The lowest BCUT2D eigenvalue weighted by molar-refractivity contribution is -0.145. The minimum Gasteiger partial charge on any atom is -0.465 e. The topological polar surface area (TPSA) is 52.3 Å². The van der Waals surface area contributed by atoms with E-state index in [9.17, 15) is 4.79 Å². The predicted molar refractivity (Wildman–Crippen MR) is 51.2 cm³/mol. The summed E-state index contributed by atoms with van der Waals surface area (Å²) in [4.78, 5) is 10.7. The molecule has 1 aliphatic rings. The average Bonchev–Trinajstić information content (AvgIpc) is 2.16. The lowest BCUT2D eigenvalue weighted by Crippen LogP contribution is -2.37. The monoisotopic (exact) mass is 185 g/mol. The van der Waals surface area contributed by atoms with Crippen LogP contribution in [-0.2, 0) is 9.53 Å². The Bertz CT molecular complexity index is 174. The van der Waals surface area contributed by atoms with Crippen molar-refractivity contribution in [2.75, 3.05) is 13.2 Å². The summed E-state index contributed by atoms with van der Waals surface area (Å²) in [7, 11) is 0. The first-order valence-electron chi connectivity index (χ1n) is 5.02. The van der Waals surface area contributed by atoms with Gasteiger partial charge in [-0.25, -0.2) is 0 Å². The lowest BCUT2D eigenvalue weighted by Gasteiger charge is -2.35. The highest BCUT2D eigenvalue weighted by molar-refractivity contribution is 5.65. The van der Waals surface area contributed by atoms with E-state index in [0.29, 0.717) is 13.2 Å². The maximum Gasteiger partial charge on any atom is 0.302 e. The standard InChI is InChI=1S/C10H19NO2/c1-9(12)13-8-10(7-11)5-3-2-4-6-10/h2-8,11H2,1H3. The molecule has 3 heteroatoms. The van der Waals surface area contributed by atoms with Gasteiger partial charge in [-0.1, -0.05) is 19.3 Å². The Kier molecular flexibility index (Phi) is 3.72. The van der Waals surface area contributed by atoms with Crippen LogP contribution in [0.5, 0.6) is 0 Å². The van der Waals surface area contributed by atoms with Gasteiger partial charge in [0.25, 0.3) is 0 Å². The van der Waals surface area contributed by atoms with Gasteiger partial charge in [0.1, 0.15) is 0 Å². The molecule has 0 atom stereocenters. The largest absolute Gasteiger partial charge is 0.465 e. The van der Waals surface area contributed by atoms with Crippen LogP contribution in [0.1, 0.15) is 39.0 Å². The summed E-state index contributed by atoms with van der Waals surface area (Å²) in [6.45, 7) is 2.60. The van der Waals surface area contributed by atoms with Crippen LogP contribution in [0.25, 0.3) is 0 Å². The number of hydrogen-bond acceptors (Lipinski definition) is 3. The van der Waals surface area contributed by atoms with Gasteiger partial charge in [-0.2, -0.15) is 0 Å². The minimum absolute atomic E-state index is 0.0872. The van der Waals surface area contributed by atoms with Crippen molar-refractivity contribution < 1.29 is 9.53 Å². The first-order chi connectivity index (χ1) is 6.18. The van der Waals surface area contributed by atoms with E-state index >= 15 is 0 Å². The van der Waals surface area contributed by atoms with E-state index in [0.717, 1.165) is 12.8 Å². The van der Waals surface area contributed by atoms with Gasteiger partial charge in [-0.05, 0) is 12.8 Å². The molecule has 2 N–H and O–H groups in total. The van der Waals surface area contributed by atoms with E-state index < -0.39 is 0 Å². The molecule has 0 radical (unpaired) electrons. The highest BCUT2D eigenvalue weighted by Crippen LogP contribution is 2.35. The fraction of sp³-hybridized carbons (Fsp3) is 0.900. The molecule has 76 valence electrons. The molecule has 0 aliphatic heterocycles. The van der Waals surface area contributed by atoms with E-state index in [1.807, 2.05) is 0 Å². The number of carbonyl (C=O) groups excluding carboxylic acids is 1. The van der Waals surface area contributed by atoms with Crippen molar-refractivity contribution in [3.8, 4) is 0 Å². The maximum absolute atomic E-state index is 10.7. The summed E-state index contributed by atoms with van der Waals surface area (Å²) in [5.74, 6) is -0.196. The van der Waals surface area contributed by atoms with Gasteiger partial charge < -0.3 is 10.5 Å². The number of esters is 1. The van der Waals surface area contributed by atoms with Crippen molar-refractivity contribution in [3.05, 3.63) is 0 Å². The molecule has 1 rings (SSSR count). The number of hydrogen-bond donors (Lipinski definition) is 1. The van der Waals surface area contributed by atoms with Crippen LogP contribution in [0.15, 0.2) is 0 Å². The Balaban J connectivity index is 2.42. The normalized spacial score (nSPS) is 21.1. The lowest BCUT2D eigenvalue weighted by atomic mass is 9.75. The van der Waals surface area contributed by atoms with Gasteiger partial charge in [0.15, 0.2) is 0 Å². The van der Waals surface area contributed by atoms with Crippen molar-refractivity contribution in [1.29, 1.82) is 0 Å². The molecule has 13 heavy (non-hydrogen) atoms. The van der Waals surface area contributed by atoms with Crippen molar-refractivity contribution in [2.45, 2.75) is 39.0 Å². The van der Waals surface area contributed by atoms with Gasteiger partial charge in [0.05, 0.1) is 6.61 Å². The first-order valence-corrected chi connectivity index (χ1v) is 5.02. The first kappa shape index (κ1) is 10.5. The second-order valence-electron chi connectivity index (χ2n) is 4.05. The quantitative estimate of drug-likeness (QED) is 0.677. The Morgan fingerprint density at radius 2 is 2.00 bits per heavy atom. The van der Waals surface area contributed by atoms with E-state index in [-0.39, 0.29) is 11.4 Å². The molecular weight excluding hydrogens is 166 g/mol. The summed E-state index contributed by atoms with van der Waals surface area (Å²) in [6, 6.07) is 0. The third-order valence-electron chi connectivity index (χ3n) is 2.93. The molecule has 0 aromatic carbocycles. The highest BCUT2D eigenvalue weighted by atomic mass is 16.5. The molecule has 1 saturated carbocycles. The molecule has 1 aliphatic carbocycles. The summed E-state index contributed by atoms with van der Waals surface area (Å²) < 4.78 is 5.06. The molecule has 0 bridgehead atoms. The Morgan fingerprint density at radius 3 is 2.46 bits per heavy atom. The molecule has 3 nitrogen and oxygen atoms in total. The molecule has 0 amide bonds. The Hall–Kier alpha value is -0.570. The second kappa shape index (κ2) is 4.61. The zero-order chi connectivity index (χ0) is 9.73. The molecule has 0 aromatic heterocycles. The van der Waals surface area contributed by atoms with Gasteiger partial charge in [-0.15, -0.1) is 0 Å². The summed E-state index contributed by atoms with van der Waals surface area (Å²) >= 11 is 0. The zero-order valence-corrected chi connectivity index (χ0v) is 8.34. The third-order valence-corrected chi connectivity index (χ3v) is 2.93. The van der Waals surface area contributed by atoms with Crippen LogP contribution >= 0.6 is 0 Å². The highest BCUT2D eigenvalue weighted by Gasteiger charge is 2.31. The van der Waals surface area contributed by atoms with E-state index in [1.165, 1.54) is 26.2 Å². The Labute approximate surface area is 79.6 Å². The van der Waals surface area contributed by atoms with Crippen LogP contribution in [0.4, 0.5) is 0 Å². The van der Waals surface area contributed by atoms with Crippen LogP contribution in [0.3, 0.4) is 0 Å². The Morgan fingerprint density at radius 1 is 1.38 bits per heavy atom. The number of carbonyl (C=O) groups is 1. The van der Waals surface area contributed by atoms with Crippen molar-refractivity contribution in [1.82, 2.24) is 0 Å². The van der Waals surface area contributed by atoms with Crippen LogP contribution in [-0.4, -0.2) is 19.1 Å². The molecule has 0 unspecified atom stereocenters. The predicted octanol–water partition coefficient (Wildman–Crippen LogP) is 1.46. The third kappa shape index (κ3) is 2.99. The smallest absolute Gasteiger partial charge is 0.302 e. The molecule has 0 heterocycles. The maximum atomic E-state index is 10.7. The summed E-state index contributed by atoms with van der Waals surface area (Å²) in [6.07, 6.45) is 5.95. The minimum atomic E-state index is -0.196. The fourth-order valence-electron chi connectivity index (χ4n) is 1.96. The van der Waals surface area contributed by atoms with E-state index in [2.05, 4.69) is 0 Å². The average molecular weight is 185 g/mol. The summed E-state index contributed by atoms with van der Waals surface area (Å²) in [5.41, 5.74) is 5.82. The molecule has 0 spiro atoms. The molecular formula is C10H19NO2. The summed E-state index contributed by atoms with van der Waals surface area (Å²) in [5, 5.41) is 0. The van der Waals surface area contributed by atoms with Gasteiger partial charge in [0.2, 0.25) is 0 Å². The van der Waals surface area contributed by atoms with Gasteiger partial charge in [-0.3, -0.25) is 4.79 Å². The van der Waals surface area contributed by atoms with Crippen LogP contribution in [0, 0.1) is 5.41 Å². The molecule has 0 aromatic rings. The number of rotatable bonds is 3. The van der Waals surface area contributed by atoms with Gasteiger partial charge in [0, 0.05) is 18.9 Å². The number of ether oxygens (including phenoxy) is 1. The fourth-order valence-corrected chi connectivity index (χ4v) is 1.96. The van der Waals surface area contributed by atoms with Crippen LogP contribution in [0.2, 0.25) is 0 Å². The van der Waals surface area contributed by atoms with E-state index in [1.54, 1.807) is 0 Å². The zero-order valence-electron chi connectivity index (χ0n) is 8.34. The number of nitrogens with two attached hydrogens (primary N) is 1. The SMILES string of the molecule is CC(=O)OCC1(CN)CCCCC1. The van der Waals surface area contributed by atoms with Crippen molar-refractivity contribution >= 4 is 5.97 Å². The van der Waals surface area contributed by atoms with E-state index in [4.69, 9.17) is 10.5 Å². The van der Waals surface area contributed by atoms with Crippen molar-refractivity contribution in [2.24, 2.45) is 11.1 Å².